The van der Waals surface area contributed by atoms with Gasteiger partial charge >= 0.3 is 0 Å². The Morgan fingerprint density at radius 3 is 2.65 bits per heavy atom. The van der Waals surface area contributed by atoms with E-state index < -0.39 is 4.92 Å². The van der Waals surface area contributed by atoms with E-state index in [9.17, 15) is 10.1 Å². The molecule has 1 aromatic heterocycles. The first-order chi connectivity index (χ1) is 15.0. The van der Waals surface area contributed by atoms with E-state index in [1.807, 2.05) is 30.3 Å². The Hall–Kier alpha value is -3.18. The fourth-order valence-electron chi connectivity index (χ4n) is 2.71. The zero-order chi connectivity index (χ0) is 21.8. The van der Waals surface area contributed by atoms with Crippen molar-refractivity contribution in [3.8, 4) is 17.2 Å². The average Bonchev–Trinajstić information content (AvgIpc) is 3.21. The predicted octanol–water partition coefficient (Wildman–Crippen LogP) is 5.27. The molecule has 2 heterocycles. The van der Waals surface area contributed by atoms with Gasteiger partial charge in [-0.1, -0.05) is 6.07 Å². The van der Waals surface area contributed by atoms with Gasteiger partial charge in [0, 0.05) is 6.07 Å². The predicted molar refractivity (Wildman–Crippen MR) is 121 cm³/mol. The first-order valence-electron chi connectivity index (χ1n) is 8.89. The van der Waals surface area contributed by atoms with Crippen LogP contribution in [0.25, 0.3) is 0 Å². The molecule has 2 aromatic carbocycles. The smallest absolute Gasteiger partial charge is 0.287 e. The number of hydrogen-bond donors (Lipinski definition) is 1. The number of fused-ring (bicyclic) bond motifs is 1. The molecule has 9 nitrogen and oxygen atoms in total. The Balaban J connectivity index is 1.39. The minimum Gasteiger partial charge on any atom is -0.487 e. The monoisotopic (exact) mass is 548 g/mol. The Morgan fingerprint density at radius 1 is 1.16 bits per heavy atom. The first-order valence-corrected chi connectivity index (χ1v) is 10.5. The molecule has 0 saturated carbocycles. The van der Waals surface area contributed by atoms with E-state index in [0.717, 1.165) is 32.0 Å². The summed E-state index contributed by atoms with van der Waals surface area (Å²) in [7, 11) is 0. The molecule has 11 heteroatoms. The van der Waals surface area contributed by atoms with Crippen molar-refractivity contribution in [1.29, 1.82) is 0 Å². The van der Waals surface area contributed by atoms with E-state index in [-0.39, 0.29) is 12.5 Å². The highest BCUT2D eigenvalue weighted by molar-refractivity contribution is 9.11. The van der Waals surface area contributed by atoms with Crippen molar-refractivity contribution in [1.82, 2.24) is 4.98 Å². The van der Waals surface area contributed by atoms with Gasteiger partial charge in [-0.15, -0.1) is 0 Å². The maximum absolute atomic E-state index is 10.7. The van der Waals surface area contributed by atoms with E-state index in [0.29, 0.717) is 23.9 Å². The second-order valence-electron chi connectivity index (χ2n) is 6.32. The van der Waals surface area contributed by atoms with Crippen molar-refractivity contribution >= 4 is 49.6 Å². The number of hydrazone groups is 1. The number of aromatic nitrogens is 1. The third kappa shape index (κ3) is 5.12. The average molecular weight is 550 g/mol. The zero-order valence-electron chi connectivity index (χ0n) is 15.7. The Kier molecular flexibility index (Phi) is 6.33. The number of nitro groups is 1. The molecule has 0 saturated heterocycles. The van der Waals surface area contributed by atoms with Gasteiger partial charge in [-0.25, -0.2) is 4.98 Å². The lowest BCUT2D eigenvalue weighted by Gasteiger charge is -2.11. The van der Waals surface area contributed by atoms with Crippen LogP contribution in [-0.4, -0.2) is 22.9 Å². The highest BCUT2D eigenvalue weighted by Crippen LogP contribution is 2.36. The van der Waals surface area contributed by atoms with Crippen LogP contribution in [0.5, 0.6) is 17.2 Å². The lowest BCUT2D eigenvalue weighted by Crippen LogP contribution is -1.98. The van der Waals surface area contributed by atoms with Crippen LogP contribution in [0.4, 0.5) is 11.5 Å². The fraction of sp³-hybridized carbons (Fsp3) is 0.100. The van der Waals surface area contributed by atoms with Crippen molar-refractivity contribution in [2.24, 2.45) is 5.10 Å². The van der Waals surface area contributed by atoms with E-state index in [2.05, 4.69) is 47.4 Å². The summed E-state index contributed by atoms with van der Waals surface area (Å²) in [5, 5.41) is 14.8. The van der Waals surface area contributed by atoms with Crippen molar-refractivity contribution in [3.63, 3.8) is 0 Å². The molecule has 0 bridgehead atoms. The van der Waals surface area contributed by atoms with Gasteiger partial charge < -0.3 is 14.2 Å². The van der Waals surface area contributed by atoms with E-state index >= 15 is 0 Å². The highest BCUT2D eigenvalue weighted by Gasteiger charge is 2.14. The fourth-order valence-corrected chi connectivity index (χ4v) is 4.16. The van der Waals surface area contributed by atoms with E-state index in [1.165, 1.54) is 12.1 Å². The molecule has 1 N–H and O–H groups in total. The lowest BCUT2D eigenvalue weighted by molar-refractivity contribution is -0.385. The van der Waals surface area contributed by atoms with Crippen LogP contribution >= 0.6 is 31.9 Å². The third-order valence-corrected chi connectivity index (χ3v) is 5.37. The summed E-state index contributed by atoms with van der Waals surface area (Å²) in [5.74, 6) is 2.48. The number of nitrogens with zero attached hydrogens (tertiary/aromatic N) is 3. The number of benzene rings is 2. The Labute approximate surface area is 193 Å². The van der Waals surface area contributed by atoms with Crippen molar-refractivity contribution in [3.05, 3.63) is 78.8 Å². The van der Waals surface area contributed by atoms with Gasteiger partial charge in [-0.3, -0.25) is 15.5 Å². The van der Waals surface area contributed by atoms with Gasteiger partial charge in [0.05, 0.1) is 20.1 Å². The highest BCUT2D eigenvalue weighted by atomic mass is 79.9. The maximum Gasteiger partial charge on any atom is 0.287 e. The molecule has 0 fully saturated rings. The quantitative estimate of drug-likeness (QED) is 0.243. The normalized spacial score (nSPS) is 12.2. The molecule has 0 atom stereocenters. The summed E-state index contributed by atoms with van der Waals surface area (Å²) in [6.45, 7) is 0.587. The number of ether oxygens (including phenoxy) is 3. The third-order valence-electron chi connectivity index (χ3n) is 4.19. The van der Waals surface area contributed by atoms with Crippen LogP contribution in [0, 0.1) is 10.1 Å². The molecule has 3 aromatic rings. The molecular formula is C20H14Br2N4O5. The Bertz CT molecular complexity index is 1130. The van der Waals surface area contributed by atoms with Gasteiger partial charge in [-0.05, 0) is 73.3 Å². The van der Waals surface area contributed by atoms with Crippen LogP contribution in [-0.2, 0) is 6.61 Å². The molecule has 0 spiro atoms. The molecule has 31 heavy (non-hydrogen) atoms. The number of hydrogen-bond acceptors (Lipinski definition) is 8. The van der Waals surface area contributed by atoms with Gasteiger partial charge in [0.25, 0.3) is 5.69 Å². The summed E-state index contributed by atoms with van der Waals surface area (Å²) >= 11 is 7.04. The minimum absolute atomic E-state index is 0.0845. The molecule has 158 valence electrons. The molecule has 0 radical (unpaired) electrons. The van der Waals surface area contributed by atoms with Crippen LogP contribution in [0.3, 0.4) is 0 Å². The largest absolute Gasteiger partial charge is 0.487 e. The van der Waals surface area contributed by atoms with Gasteiger partial charge in [0.1, 0.15) is 24.4 Å². The Morgan fingerprint density at radius 2 is 1.94 bits per heavy atom. The van der Waals surface area contributed by atoms with E-state index in [1.54, 1.807) is 6.21 Å². The van der Waals surface area contributed by atoms with Crippen molar-refractivity contribution in [2.75, 3.05) is 12.2 Å². The summed E-state index contributed by atoms with van der Waals surface area (Å²) in [6, 6.07) is 12.2. The molecule has 0 aliphatic carbocycles. The molecule has 4 rings (SSSR count). The molecule has 1 aliphatic heterocycles. The molecule has 1 aliphatic rings. The van der Waals surface area contributed by atoms with Crippen LogP contribution in [0.15, 0.2) is 62.7 Å². The maximum atomic E-state index is 10.7. The van der Waals surface area contributed by atoms with Gasteiger partial charge in [0.15, 0.2) is 11.5 Å². The van der Waals surface area contributed by atoms with Crippen LogP contribution in [0.2, 0.25) is 0 Å². The number of pyridine rings is 1. The first kappa shape index (κ1) is 21.1. The summed E-state index contributed by atoms with van der Waals surface area (Å²) in [6.07, 6.45) is 2.76. The number of halogens is 2. The van der Waals surface area contributed by atoms with E-state index in [4.69, 9.17) is 14.2 Å². The van der Waals surface area contributed by atoms with Gasteiger partial charge in [-0.2, -0.15) is 5.10 Å². The molecular weight excluding hydrogens is 536 g/mol. The number of rotatable bonds is 7. The molecule has 0 amide bonds. The summed E-state index contributed by atoms with van der Waals surface area (Å²) in [5.41, 5.74) is 4.39. The lowest BCUT2D eigenvalue weighted by atomic mass is 10.2. The topological polar surface area (TPSA) is 108 Å². The summed E-state index contributed by atoms with van der Waals surface area (Å²) < 4.78 is 18.2. The van der Waals surface area contributed by atoms with Crippen LogP contribution < -0.4 is 19.6 Å². The SMILES string of the molecule is O=[N+]([O-])c1ccc(N/N=C/c2cc(Br)c(OCc3ccc4c(c3)OCO4)c(Br)c2)nc1. The minimum atomic E-state index is -0.509. The standard InChI is InChI=1S/C20H14Br2N4O5/c21-15-5-13(8-24-25-19-4-2-14(9-23-19)26(27)28)6-16(22)20(15)29-10-12-1-3-17-18(7-12)31-11-30-17/h1-9H,10-11H2,(H,23,25)/b24-8+. The summed E-state index contributed by atoms with van der Waals surface area (Å²) in [4.78, 5) is 14.1. The number of anilines is 1. The van der Waals surface area contributed by atoms with Crippen molar-refractivity contribution in [2.45, 2.75) is 6.61 Å². The second-order valence-corrected chi connectivity index (χ2v) is 8.03. The molecule has 0 unspecified atom stereocenters. The zero-order valence-corrected chi connectivity index (χ0v) is 18.9. The second kappa shape index (κ2) is 9.31. The van der Waals surface area contributed by atoms with Crippen molar-refractivity contribution < 1.29 is 19.1 Å². The van der Waals surface area contributed by atoms with Crippen LogP contribution in [0.1, 0.15) is 11.1 Å². The number of nitrogens with one attached hydrogen (secondary N) is 1. The van der Waals surface area contributed by atoms with Gasteiger partial charge in [0.2, 0.25) is 6.79 Å².